The van der Waals surface area contributed by atoms with Gasteiger partial charge in [-0.2, -0.15) is 13.2 Å². The van der Waals surface area contributed by atoms with E-state index in [1.807, 2.05) is 0 Å². The van der Waals surface area contributed by atoms with Crippen LogP contribution in [0.4, 0.5) is 24.7 Å². The number of anilines is 2. The summed E-state index contributed by atoms with van der Waals surface area (Å²) in [5, 5.41) is 30.2. The summed E-state index contributed by atoms with van der Waals surface area (Å²) in [5.74, 6) is -4.73. The fourth-order valence-corrected chi connectivity index (χ4v) is 3.82. The predicted molar refractivity (Wildman–Crippen MR) is 128 cm³/mol. The number of amides is 2. The van der Waals surface area contributed by atoms with Crippen LogP contribution in [0.2, 0.25) is 0 Å². The minimum absolute atomic E-state index is 0.0918. The first-order valence-corrected chi connectivity index (χ1v) is 11.5. The maximum absolute atomic E-state index is 13.5. The molecule has 1 saturated heterocycles. The predicted octanol–water partition coefficient (Wildman–Crippen LogP) is 1.46. The van der Waals surface area contributed by atoms with E-state index < -0.39 is 47.6 Å². The van der Waals surface area contributed by atoms with Crippen molar-refractivity contribution in [2.75, 3.05) is 36.4 Å². The second-order valence-corrected chi connectivity index (χ2v) is 8.46. The van der Waals surface area contributed by atoms with Gasteiger partial charge in [0.25, 0.3) is 11.8 Å². The van der Waals surface area contributed by atoms with Crippen LogP contribution in [0.25, 0.3) is 11.5 Å². The Morgan fingerprint density at radius 1 is 0.974 bits per heavy atom. The number of halogens is 3. The molecule has 12 nitrogen and oxygen atoms in total. The Morgan fingerprint density at radius 2 is 1.64 bits per heavy atom. The highest BCUT2D eigenvalue weighted by Gasteiger charge is 2.41. The van der Waals surface area contributed by atoms with Crippen LogP contribution in [0.5, 0.6) is 0 Å². The quantitative estimate of drug-likeness (QED) is 0.339. The van der Waals surface area contributed by atoms with Crippen molar-refractivity contribution in [3.63, 3.8) is 0 Å². The number of aliphatic hydroxyl groups is 2. The largest absolute Gasteiger partial charge is 0.479 e. The lowest BCUT2D eigenvalue weighted by Crippen LogP contribution is -2.54. The second kappa shape index (κ2) is 11.1. The van der Waals surface area contributed by atoms with E-state index in [1.54, 1.807) is 23.1 Å². The summed E-state index contributed by atoms with van der Waals surface area (Å²) in [4.78, 5) is 46.3. The van der Waals surface area contributed by atoms with Gasteiger partial charge in [0.15, 0.2) is 17.9 Å². The Kier molecular flexibility index (Phi) is 7.83. The van der Waals surface area contributed by atoms with Crippen LogP contribution in [-0.4, -0.2) is 86.4 Å². The van der Waals surface area contributed by atoms with E-state index in [2.05, 4.69) is 15.3 Å². The first-order chi connectivity index (χ1) is 18.5. The van der Waals surface area contributed by atoms with Gasteiger partial charge in [-0.05, 0) is 24.3 Å². The van der Waals surface area contributed by atoms with Gasteiger partial charge in [0.1, 0.15) is 5.82 Å². The van der Waals surface area contributed by atoms with Crippen molar-refractivity contribution >= 4 is 29.3 Å². The van der Waals surface area contributed by atoms with Gasteiger partial charge in [-0.25, -0.2) is 14.8 Å². The van der Waals surface area contributed by atoms with Crippen LogP contribution >= 0.6 is 0 Å². The number of piperazine rings is 1. The molecule has 4 rings (SSSR count). The number of aromatic nitrogens is 2. The number of aliphatic carboxylic acids is 1. The monoisotopic (exact) mass is 549 g/mol. The molecule has 1 aromatic carbocycles. The highest BCUT2D eigenvalue weighted by molar-refractivity contribution is 6.03. The van der Waals surface area contributed by atoms with Crippen LogP contribution in [0, 0.1) is 0 Å². The number of hydrogen-bond donors (Lipinski definition) is 4. The molecule has 2 aromatic heterocycles. The number of pyridine rings is 1. The number of nitrogens with zero attached hydrogens (tertiary/aromatic N) is 4. The molecule has 4 N–H and O–H groups in total. The molecule has 3 heterocycles. The Morgan fingerprint density at radius 3 is 2.21 bits per heavy atom. The number of alkyl halides is 3. The summed E-state index contributed by atoms with van der Waals surface area (Å²) in [5.41, 5.74) is -1.10. The van der Waals surface area contributed by atoms with Crippen molar-refractivity contribution in [1.29, 1.82) is 0 Å². The molecular formula is C24H22F3N5O7. The highest BCUT2D eigenvalue weighted by Crippen LogP contribution is 2.34. The maximum Gasteiger partial charge on any atom is 0.437 e. The number of carbonyl (C=O) groups is 3. The van der Waals surface area contributed by atoms with E-state index >= 15 is 0 Å². The molecule has 0 spiro atoms. The Bertz CT molecular complexity index is 1340. The summed E-state index contributed by atoms with van der Waals surface area (Å²) in [7, 11) is 0. The Hall–Kier alpha value is -4.50. The third-order valence-electron chi connectivity index (χ3n) is 5.85. The molecule has 2 amide bonds. The van der Waals surface area contributed by atoms with Crippen LogP contribution in [0.1, 0.15) is 16.2 Å². The summed E-state index contributed by atoms with van der Waals surface area (Å²) in [6.07, 6.45) is -8.04. The third kappa shape index (κ3) is 6.15. The van der Waals surface area contributed by atoms with Gasteiger partial charge in [0.2, 0.25) is 11.7 Å². The number of benzene rings is 1. The molecule has 1 aliphatic rings. The van der Waals surface area contributed by atoms with Crippen molar-refractivity contribution in [2.24, 2.45) is 0 Å². The maximum atomic E-state index is 13.5. The molecule has 1 fully saturated rings. The van der Waals surface area contributed by atoms with Gasteiger partial charge in [-0.3, -0.25) is 9.59 Å². The summed E-state index contributed by atoms with van der Waals surface area (Å²) in [6, 6.07) is 10.8. The van der Waals surface area contributed by atoms with E-state index in [0.29, 0.717) is 5.82 Å². The minimum atomic E-state index is -4.93. The molecule has 3 aromatic rings. The number of rotatable bonds is 7. The molecule has 39 heavy (non-hydrogen) atoms. The molecule has 15 heteroatoms. The summed E-state index contributed by atoms with van der Waals surface area (Å²) in [6.45, 7) is 0.737. The van der Waals surface area contributed by atoms with Crippen molar-refractivity contribution in [3.05, 3.63) is 60.1 Å². The molecule has 206 valence electrons. The zero-order chi connectivity index (χ0) is 28.3. The average molecular weight is 549 g/mol. The van der Waals surface area contributed by atoms with Crippen LogP contribution in [-0.2, 0) is 15.8 Å². The molecule has 2 atom stereocenters. The Labute approximate surface area is 218 Å². The molecule has 0 aliphatic carbocycles. The van der Waals surface area contributed by atoms with Crippen LogP contribution in [0.15, 0.2) is 53.1 Å². The Balaban J connectivity index is 1.40. The highest BCUT2D eigenvalue weighted by atomic mass is 19.4. The van der Waals surface area contributed by atoms with Crippen molar-refractivity contribution < 1.29 is 47.3 Å². The molecular weight excluding hydrogens is 527 g/mol. The fourth-order valence-electron chi connectivity index (χ4n) is 3.82. The SMILES string of the molecule is O=C(Nc1ccc(N2CCN(C(=O)C(O)C(O)C(=O)O)CC2)nc1)c1oc(-c2ccccc2)nc1C(F)(F)F. The average Bonchev–Trinajstić information content (AvgIpc) is 3.40. The van der Waals surface area contributed by atoms with Crippen molar-refractivity contribution in [3.8, 4) is 11.5 Å². The van der Waals surface area contributed by atoms with E-state index in [1.165, 1.54) is 35.4 Å². The molecule has 0 bridgehead atoms. The number of hydrogen-bond acceptors (Lipinski definition) is 9. The standard InChI is InChI=1S/C24H22F3N5O7/c25-24(26,27)19-18(39-21(30-19)13-4-2-1-3-5-13)20(35)29-14-6-7-15(28-12-14)31-8-10-32(11-9-31)22(36)16(33)17(34)23(37)38/h1-7,12,16-17,33-34H,8-11H2,(H,29,35)(H,37,38). The normalized spacial score (nSPS) is 15.5. The van der Waals surface area contributed by atoms with Gasteiger partial charge in [0.05, 0.1) is 11.9 Å². The number of aliphatic hydroxyl groups excluding tert-OH is 2. The summed E-state index contributed by atoms with van der Waals surface area (Å²) < 4.78 is 45.8. The first-order valence-electron chi connectivity index (χ1n) is 11.5. The number of oxazole rings is 1. The smallest absolute Gasteiger partial charge is 0.437 e. The third-order valence-corrected chi connectivity index (χ3v) is 5.85. The lowest BCUT2D eigenvalue weighted by Gasteiger charge is -2.36. The lowest BCUT2D eigenvalue weighted by atomic mass is 10.1. The second-order valence-electron chi connectivity index (χ2n) is 8.46. The van der Waals surface area contributed by atoms with Gasteiger partial charge in [-0.15, -0.1) is 0 Å². The van der Waals surface area contributed by atoms with Crippen molar-refractivity contribution in [2.45, 2.75) is 18.4 Å². The van der Waals surface area contributed by atoms with Gasteiger partial charge in [0, 0.05) is 31.7 Å². The number of carboxylic acid groups (broad SMARTS) is 1. The van der Waals surface area contributed by atoms with E-state index in [9.17, 15) is 37.8 Å². The number of carbonyl (C=O) groups excluding carboxylic acids is 2. The molecule has 0 saturated carbocycles. The van der Waals surface area contributed by atoms with Crippen molar-refractivity contribution in [1.82, 2.24) is 14.9 Å². The fraction of sp³-hybridized carbons (Fsp3) is 0.292. The van der Waals surface area contributed by atoms with Gasteiger partial charge >= 0.3 is 12.1 Å². The number of nitrogens with one attached hydrogen (secondary N) is 1. The zero-order valence-corrected chi connectivity index (χ0v) is 20.0. The minimum Gasteiger partial charge on any atom is -0.479 e. The molecule has 1 aliphatic heterocycles. The zero-order valence-electron chi connectivity index (χ0n) is 20.0. The first kappa shape index (κ1) is 27.5. The van der Waals surface area contributed by atoms with Crippen LogP contribution < -0.4 is 10.2 Å². The molecule has 2 unspecified atom stereocenters. The van der Waals surface area contributed by atoms with E-state index in [4.69, 9.17) is 9.52 Å². The summed E-state index contributed by atoms with van der Waals surface area (Å²) >= 11 is 0. The van der Waals surface area contributed by atoms with Gasteiger partial charge < -0.3 is 34.9 Å². The van der Waals surface area contributed by atoms with Crippen LogP contribution in [0.3, 0.4) is 0 Å². The number of carboxylic acids is 1. The topological polar surface area (TPSA) is 169 Å². The van der Waals surface area contributed by atoms with E-state index in [0.717, 1.165) is 0 Å². The van der Waals surface area contributed by atoms with Gasteiger partial charge in [-0.1, -0.05) is 18.2 Å². The van der Waals surface area contributed by atoms with E-state index in [-0.39, 0.29) is 43.3 Å². The molecule has 0 radical (unpaired) electrons. The lowest BCUT2D eigenvalue weighted by molar-refractivity contribution is -0.162.